The predicted octanol–water partition coefficient (Wildman–Crippen LogP) is 3.04. The molecule has 0 rings (SSSR count). The Balaban J connectivity index is 0. The SMILES string of the molecule is CC.CC/C=C(C)/C(=C\NC)C(=O)OCC. The molecule has 3 nitrogen and oxygen atoms in total. The molecule has 0 aromatic carbocycles. The van der Waals surface area contributed by atoms with Gasteiger partial charge in [0.25, 0.3) is 0 Å². The topological polar surface area (TPSA) is 38.3 Å². The molecule has 0 aromatic heterocycles. The normalized spacial score (nSPS) is 11.4. The van der Waals surface area contributed by atoms with Crippen LogP contribution in [-0.2, 0) is 9.53 Å². The molecule has 0 bridgehead atoms. The smallest absolute Gasteiger partial charge is 0.339 e. The van der Waals surface area contributed by atoms with Gasteiger partial charge in [-0.15, -0.1) is 0 Å². The fourth-order valence-corrected chi connectivity index (χ4v) is 1.10. The molecule has 0 aliphatic rings. The number of esters is 1. The molecule has 0 spiro atoms. The van der Waals surface area contributed by atoms with E-state index >= 15 is 0 Å². The molecule has 94 valence electrons. The third-order valence-electron chi connectivity index (χ3n) is 1.72. The van der Waals surface area contributed by atoms with Crippen LogP contribution in [0.15, 0.2) is 23.4 Å². The summed E-state index contributed by atoms with van der Waals surface area (Å²) in [5.74, 6) is -0.274. The molecule has 0 atom stereocenters. The lowest BCUT2D eigenvalue weighted by Gasteiger charge is -2.07. The molecule has 1 N–H and O–H groups in total. The first-order valence-corrected chi connectivity index (χ1v) is 5.89. The van der Waals surface area contributed by atoms with Crippen LogP contribution in [0.2, 0.25) is 0 Å². The molecule has 0 saturated carbocycles. The molecule has 16 heavy (non-hydrogen) atoms. The summed E-state index contributed by atoms with van der Waals surface area (Å²) in [5.41, 5.74) is 1.54. The molecule has 0 aliphatic carbocycles. The second-order valence-corrected chi connectivity index (χ2v) is 2.86. The molecule has 3 heteroatoms. The summed E-state index contributed by atoms with van der Waals surface area (Å²) < 4.78 is 4.94. The Bertz CT molecular complexity index is 242. The summed E-state index contributed by atoms with van der Waals surface area (Å²) in [5, 5.41) is 2.84. The van der Waals surface area contributed by atoms with Gasteiger partial charge in [0.15, 0.2) is 0 Å². The van der Waals surface area contributed by atoms with Crippen molar-refractivity contribution in [1.82, 2.24) is 5.32 Å². The zero-order chi connectivity index (χ0) is 13.0. The van der Waals surface area contributed by atoms with E-state index in [1.54, 1.807) is 20.2 Å². The van der Waals surface area contributed by atoms with Crippen molar-refractivity contribution in [1.29, 1.82) is 0 Å². The van der Waals surface area contributed by atoms with Gasteiger partial charge in [-0.2, -0.15) is 0 Å². The van der Waals surface area contributed by atoms with Crippen molar-refractivity contribution >= 4 is 5.97 Å². The number of rotatable bonds is 5. The maximum atomic E-state index is 11.5. The Morgan fingerprint density at radius 2 is 1.88 bits per heavy atom. The van der Waals surface area contributed by atoms with Crippen molar-refractivity contribution in [3.05, 3.63) is 23.4 Å². The van der Waals surface area contributed by atoms with Gasteiger partial charge in [0.2, 0.25) is 0 Å². The third kappa shape index (κ3) is 7.10. The quantitative estimate of drug-likeness (QED) is 0.446. The van der Waals surface area contributed by atoms with Crippen molar-refractivity contribution in [3.8, 4) is 0 Å². The third-order valence-corrected chi connectivity index (χ3v) is 1.72. The van der Waals surface area contributed by atoms with Gasteiger partial charge < -0.3 is 10.1 Å². The molecule has 0 aliphatic heterocycles. The van der Waals surface area contributed by atoms with E-state index in [1.807, 2.05) is 33.8 Å². The molecule has 0 heterocycles. The van der Waals surface area contributed by atoms with Crippen LogP contribution in [0.25, 0.3) is 0 Å². The summed E-state index contributed by atoms with van der Waals surface area (Å²) in [4.78, 5) is 11.5. The van der Waals surface area contributed by atoms with Gasteiger partial charge in [-0.25, -0.2) is 4.79 Å². The first kappa shape index (κ1) is 17.2. The predicted molar refractivity (Wildman–Crippen MR) is 69.2 cm³/mol. The Morgan fingerprint density at radius 3 is 2.25 bits per heavy atom. The van der Waals surface area contributed by atoms with Gasteiger partial charge >= 0.3 is 5.97 Å². The first-order chi connectivity index (χ1) is 7.67. The van der Waals surface area contributed by atoms with E-state index in [-0.39, 0.29) is 5.97 Å². The van der Waals surface area contributed by atoms with E-state index in [0.29, 0.717) is 12.2 Å². The highest BCUT2D eigenvalue weighted by Crippen LogP contribution is 2.11. The number of nitrogens with one attached hydrogen (secondary N) is 1. The largest absolute Gasteiger partial charge is 0.462 e. The molecule has 0 radical (unpaired) electrons. The van der Waals surface area contributed by atoms with Gasteiger partial charge in [0.05, 0.1) is 12.2 Å². The summed E-state index contributed by atoms with van der Waals surface area (Å²) in [6, 6.07) is 0. The van der Waals surface area contributed by atoms with E-state index in [0.717, 1.165) is 12.0 Å². The molecule has 0 unspecified atom stereocenters. The number of carbonyl (C=O) groups excluding carboxylic acids is 1. The van der Waals surface area contributed by atoms with Crippen LogP contribution in [0.5, 0.6) is 0 Å². The van der Waals surface area contributed by atoms with Crippen LogP contribution < -0.4 is 5.32 Å². The Hall–Kier alpha value is -1.25. The van der Waals surface area contributed by atoms with Crippen molar-refractivity contribution in [2.45, 2.75) is 41.0 Å². The first-order valence-electron chi connectivity index (χ1n) is 5.89. The lowest BCUT2D eigenvalue weighted by molar-refractivity contribution is -0.138. The summed E-state index contributed by atoms with van der Waals surface area (Å²) in [6.07, 6.45) is 4.58. The maximum absolute atomic E-state index is 11.5. The highest BCUT2D eigenvalue weighted by atomic mass is 16.5. The van der Waals surface area contributed by atoms with Gasteiger partial charge in [0.1, 0.15) is 0 Å². The zero-order valence-electron chi connectivity index (χ0n) is 11.4. The van der Waals surface area contributed by atoms with Crippen LogP contribution >= 0.6 is 0 Å². The van der Waals surface area contributed by atoms with Crippen LogP contribution in [0.4, 0.5) is 0 Å². The molecular weight excluding hydrogens is 202 g/mol. The number of allylic oxidation sites excluding steroid dienone is 1. The minimum atomic E-state index is -0.274. The summed E-state index contributed by atoms with van der Waals surface area (Å²) in [7, 11) is 1.76. The fourth-order valence-electron chi connectivity index (χ4n) is 1.10. The lowest BCUT2D eigenvalue weighted by atomic mass is 10.1. The molecular formula is C13H25NO2. The minimum Gasteiger partial charge on any atom is -0.462 e. The van der Waals surface area contributed by atoms with Crippen molar-refractivity contribution in [2.75, 3.05) is 13.7 Å². The van der Waals surface area contributed by atoms with Crippen LogP contribution in [-0.4, -0.2) is 19.6 Å². The number of carbonyl (C=O) groups is 1. The van der Waals surface area contributed by atoms with Gasteiger partial charge in [0, 0.05) is 13.2 Å². The maximum Gasteiger partial charge on any atom is 0.339 e. The standard InChI is InChI=1S/C11H19NO2.C2H6/c1-5-7-9(3)10(8-12-4)11(13)14-6-2;1-2/h7-8,12H,5-6H2,1-4H3;1-2H3/b9-7+,10-8+;. The van der Waals surface area contributed by atoms with Gasteiger partial charge in [-0.1, -0.05) is 26.8 Å². The van der Waals surface area contributed by atoms with Crippen molar-refractivity contribution in [2.24, 2.45) is 0 Å². The van der Waals surface area contributed by atoms with E-state index in [1.165, 1.54) is 0 Å². The summed E-state index contributed by atoms with van der Waals surface area (Å²) >= 11 is 0. The van der Waals surface area contributed by atoms with Crippen LogP contribution in [0.3, 0.4) is 0 Å². The summed E-state index contributed by atoms with van der Waals surface area (Å²) in [6.45, 7) is 10.1. The Labute approximate surface area is 99.6 Å². The van der Waals surface area contributed by atoms with E-state index in [9.17, 15) is 4.79 Å². The Morgan fingerprint density at radius 1 is 1.31 bits per heavy atom. The minimum absolute atomic E-state index is 0.274. The van der Waals surface area contributed by atoms with E-state index in [2.05, 4.69) is 5.32 Å². The van der Waals surface area contributed by atoms with E-state index < -0.39 is 0 Å². The number of ether oxygens (including phenoxy) is 1. The highest BCUT2D eigenvalue weighted by Gasteiger charge is 2.11. The fraction of sp³-hybridized carbons (Fsp3) is 0.615. The molecule has 0 amide bonds. The van der Waals surface area contributed by atoms with E-state index in [4.69, 9.17) is 4.74 Å². The zero-order valence-corrected chi connectivity index (χ0v) is 11.4. The highest BCUT2D eigenvalue weighted by molar-refractivity contribution is 5.93. The van der Waals surface area contributed by atoms with Gasteiger partial charge in [-0.05, 0) is 25.8 Å². The average Bonchev–Trinajstić information content (AvgIpc) is 2.29. The molecule has 0 aromatic rings. The van der Waals surface area contributed by atoms with Crippen molar-refractivity contribution in [3.63, 3.8) is 0 Å². The average molecular weight is 227 g/mol. The second-order valence-electron chi connectivity index (χ2n) is 2.86. The Kier molecular flexibility index (Phi) is 12.7. The monoisotopic (exact) mass is 227 g/mol. The van der Waals surface area contributed by atoms with Crippen molar-refractivity contribution < 1.29 is 9.53 Å². The number of hydrogen-bond donors (Lipinski definition) is 1. The lowest BCUT2D eigenvalue weighted by Crippen LogP contribution is -2.11. The van der Waals surface area contributed by atoms with Crippen LogP contribution in [0.1, 0.15) is 41.0 Å². The van der Waals surface area contributed by atoms with Crippen LogP contribution in [0, 0.1) is 0 Å². The molecule has 0 fully saturated rings. The molecule has 0 saturated heterocycles. The number of hydrogen-bond acceptors (Lipinski definition) is 3. The second kappa shape index (κ2) is 11.8. The van der Waals surface area contributed by atoms with Gasteiger partial charge in [-0.3, -0.25) is 0 Å².